The summed E-state index contributed by atoms with van der Waals surface area (Å²) in [5, 5.41) is 2.88. The van der Waals surface area contributed by atoms with Crippen LogP contribution < -0.4 is 10.1 Å². The van der Waals surface area contributed by atoms with Crippen molar-refractivity contribution >= 4 is 37.3 Å². The third-order valence-electron chi connectivity index (χ3n) is 4.70. The predicted octanol–water partition coefficient (Wildman–Crippen LogP) is 6.39. The Bertz CT molecular complexity index is 1310. The average Bonchev–Trinajstić information content (AvgIpc) is 3.21. The Balaban J connectivity index is 1.78. The van der Waals surface area contributed by atoms with Crippen molar-refractivity contribution in [3.63, 3.8) is 0 Å². The summed E-state index contributed by atoms with van der Waals surface area (Å²) in [4.78, 5) is 4.49. The van der Waals surface area contributed by atoms with Gasteiger partial charge in [-0.15, -0.1) is 0 Å². The van der Waals surface area contributed by atoms with Gasteiger partial charge in [-0.1, -0.05) is 33.6 Å². The molecule has 1 heterocycles. The van der Waals surface area contributed by atoms with Crippen LogP contribution in [0.4, 0.5) is 11.6 Å². The van der Waals surface area contributed by atoms with Crippen molar-refractivity contribution in [2.75, 3.05) is 11.9 Å². The standard InChI is InChI=1S/C24H21BrN2O4S/c1-3-30-20-12-10-19(11-13-20)26-23-24(32(28,29)21-14-8-18(25)9-15-21)27-22(31-23)17-6-4-16(2)5-7-17/h4-15,26H,3H2,1-2H3. The van der Waals surface area contributed by atoms with E-state index in [0.717, 1.165) is 15.8 Å². The monoisotopic (exact) mass is 512 g/mol. The SMILES string of the molecule is CCOc1ccc(Nc2oc(-c3ccc(C)cc3)nc2S(=O)(=O)c2ccc(Br)cc2)cc1. The summed E-state index contributed by atoms with van der Waals surface area (Å²) in [6.07, 6.45) is 0. The molecule has 0 spiro atoms. The second-order valence-corrected chi connectivity index (χ2v) is 9.84. The highest BCUT2D eigenvalue weighted by molar-refractivity contribution is 9.10. The zero-order valence-electron chi connectivity index (χ0n) is 17.5. The van der Waals surface area contributed by atoms with Crippen LogP contribution in [0.5, 0.6) is 5.75 Å². The van der Waals surface area contributed by atoms with Gasteiger partial charge in [0.2, 0.25) is 26.6 Å². The molecule has 0 aliphatic heterocycles. The van der Waals surface area contributed by atoms with Gasteiger partial charge < -0.3 is 14.5 Å². The maximum absolute atomic E-state index is 13.4. The Kier molecular flexibility index (Phi) is 6.34. The van der Waals surface area contributed by atoms with E-state index in [4.69, 9.17) is 9.15 Å². The minimum absolute atomic E-state index is 0.0488. The number of rotatable bonds is 7. The molecule has 4 aromatic rings. The molecule has 0 amide bonds. The molecule has 0 aliphatic carbocycles. The van der Waals surface area contributed by atoms with E-state index in [-0.39, 0.29) is 21.7 Å². The van der Waals surface area contributed by atoms with E-state index in [1.807, 2.05) is 38.1 Å². The Morgan fingerprint density at radius 3 is 2.25 bits per heavy atom. The molecule has 0 saturated heterocycles. The fraction of sp³-hybridized carbons (Fsp3) is 0.125. The van der Waals surface area contributed by atoms with E-state index in [0.29, 0.717) is 17.9 Å². The number of oxazole rings is 1. The van der Waals surface area contributed by atoms with Crippen LogP contribution in [0.3, 0.4) is 0 Å². The number of nitrogens with one attached hydrogen (secondary N) is 1. The van der Waals surface area contributed by atoms with Gasteiger partial charge >= 0.3 is 0 Å². The van der Waals surface area contributed by atoms with Crippen LogP contribution in [0.2, 0.25) is 0 Å². The highest BCUT2D eigenvalue weighted by Crippen LogP contribution is 2.34. The van der Waals surface area contributed by atoms with Crippen molar-refractivity contribution in [3.05, 3.63) is 82.8 Å². The van der Waals surface area contributed by atoms with Crippen molar-refractivity contribution in [1.29, 1.82) is 0 Å². The highest BCUT2D eigenvalue weighted by Gasteiger charge is 2.28. The summed E-state index contributed by atoms with van der Waals surface area (Å²) in [5.74, 6) is 0.987. The van der Waals surface area contributed by atoms with Gasteiger partial charge in [-0.3, -0.25) is 0 Å². The van der Waals surface area contributed by atoms with E-state index in [9.17, 15) is 8.42 Å². The topological polar surface area (TPSA) is 81.4 Å². The lowest BCUT2D eigenvalue weighted by molar-refractivity contribution is 0.340. The van der Waals surface area contributed by atoms with Crippen LogP contribution in [-0.2, 0) is 9.84 Å². The highest BCUT2D eigenvalue weighted by atomic mass is 79.9. The largest absolute Gasteiger partial charge is 0.494 e. The van der Waals surface area contributed by atoms with Crippen molar-refractivity contribution in [1.82, 2.24) is 4.98 Å². The van der Waals surface area contributed by atoms with Gasteiger partial charge in [0.05, 0.1) is 11.5 Å². The number of hydrogen-bond donors (Lipinski definition) is 1. The van der Waals surface area contributed by atoms with E-state index >= 15 is 0 Å². The average molecular weight is 513 g/mol. The molecule has 1 N–H and O–H groups in total. The third-order valence-corrected chi connectivity index (χ3v) is 6.90. The minimum Gasteiger partial charge on any atom is -0.494 e. The third kappa shape index (κ3) is 4.71. The van der Waals surface area contributed by atoms with Gasteiger partial charge in [0, 0.05) is 15.7 Å². The van der Waals surface area contributed by atoms with Gasteiger partial charge in [-0.05, 0) is 74.5 Å². The number of sulfone groups is 1. The maximum Gasteiger partial charge on any atom is 0.238 e. The maximum atomic E-state index is 13.4. The summed E-state index contributed by atoms with van der Waals surface area (Å²) in [5.41, 5.74) is 2.41. The number of anilines is 2. The summed E-state index contributed by atoms with van der Waals surface area (Å²) >= 11 is 3.33. The van der Waals surface area contributed by atoms with Crippen LogP contribution >= 0.6 is 15.9 Å². The second-order valence-electron chi connectivity index (χ2n) is 7.06. The molecule has 4 rings (SSSR count). The second kappa shape index (κ2) is 9.18. The number of hydrogen-bond acceptors (Lipinski definition) is 6. The number of ether oxygens (including phenoxy) is 1. The molecule has 0 aliphatic rings. The van der Waals surface area contributed by atoms with Crippen molar-refractivity contribution in [3.8, 4) is 17.2 Å². The van der Waals surface area contributed by atoms with Gasteiger partial charge in [0.25, 0.3) is 0 Å². The zero-order chi connectivity index (χ0) is 22.7. The molecule has 164 valence electrons. The van der Waals surface area contributed by atoms with Gasteiger partial charge in [-0.25, -0.2) is 8.42 Å². The van der Waals surface area contributed by atoms with Gasteiger partial charge in [0.1, 0.15) is 5.75 Å². The molecule has 0 saturated carbocycles. The first-order valence-electron chi connectivity index (χ1n) is 9.95. The first-order chi connectivity index (χ1) is 15.4. The Hall–Kier alpha value is -3.10. The molecule has 6 nitrogen and oxygen atoms in total. The van der Waals surface area contributed by atoms with E-state index in [1.165, 1.54) is 12.1 Å². The van der Waals surface area contributed by atoms with Crippen molar-refractivity contribution in [2.24, 2.45) is 0 Å². The first-order valence-corrected chi connectivity index (χ1v) is 12.2. The Labute approximate surface area is 195 Å². The number of aryl methyl sites for hydroxylation is 1. The molecule has 32 heavy (non-hydrogen) atoms. The molecule has 3 aromatic carbocycles. The van der Waals surface area contributed by atoms with Gasteiger partial charge in [0.15, 0.2) is 0 Å². The summed E-state index contributed by atoms with van der Waals surface area (Å²) in [6.45, 7) is 4.44. The summed E-state index contributed by atoms with van der Waals surface area (Å²) in [6, 6.07) is 21.1. The molecule has 0 bridgehead atoms. The van der Waals surface area contributed by atoms with E-state index in [1.54, 1.807) is 36.4 Å². The fourth-order valence-corrected chi connectivity index (χ4v) is 4.57. The molecule has 0 unspecified atom stereocenters. The zero-order valence-corrected chi connectivity index (χ0v) is 19.9. The smallest absolute Gasteiger partial charge is 0.238 e. The fourth-order valence-electron chi connectivity index (χ4n) is 3.04. The quantitative estimate of drug-likeness (QED) is 0.309. The molecule has 0 radical (unpaired) electrons. The van der Waals surface area contributed by atoms with Crippen LogP contribution in [0, 0.1) is 6.92 Å². The normalized spacial score (nSPS) is 11.3. The van der Waals surface area contributed by atoms with E-state index < -0.39 is 9.84 Å². The van der Waals surface area contributed by atoms with Crippen LogP contribution in [0.15, 0.2) is 91.6 Å². The first kappa shape index (κ1) is 22.1. The van der Waals surface area contributed by atoms with E-state index in [2.05, 4.69) is 26.2 Å². The molecular formula is C24H21BrN2O4S. The summed E-state index contributed by atoms with van der Waals surface area (Å²) < 4.78 is 39.0. The molecule has 0 fully saturated rings. The lowest BCUT2D eigenvalue weighted by Gasteiger charge is -2.08. The predicted molar refractivity (Wildman–Crippen MR) is 127 cm³/mol. The lowest BCUT2D eigenvalue weighted by atomic mass is 10.1. The minimum atomic E-state index is -3.93. The molecular weight excluding hydrogens is 492 g/mol. The summed E-state index contributed by atoms with van der Waals surface area (Å²) in [7, 11) is -3.93. The van der Waals surface area contributed by atoms with Crippen LogP contribution in [-0.4, -0.2) is 20.0 Å². The number of benzene rings is 3. The Morgan fingerprint density at radius 1 is 0.969 bits per heavy atom. The lowest BCUT2D eigenvalue weighted by Crippen LogP contribution is -2.05. The number of halogens is 1. The number of nitrogens with zero attached hydrogens (tertiary/aromatic N) is 1. The number of aromatic nitrogens is 1. The van der Waals surface area contributed by atoms with Gasteiger partial charge in [-0.2, -0.15) is 4.98 Å². The Morgan fingerprint density at radius 2 is 1.62 bits per heavy atom. The van der Waals surface area contributed by atoms with Crippen LogP contribution in [0.1, 0.15) is 12.5 Å². The molecule has 0 atom stereocenters. The molecule has 1 aromatic heterocycles. The van der Waals surface area contributed by atoms with Crippen molar-refractivity contribution in [2.45, 2.75) is 23.8 Å². The van der Waals surface area contributed by atoms with Crippen LogP contribution in [0.25, 0.3) is 11.5 Å². The molecule has 8 heteroatoms. The van der Waals surface area contributed by atoms with Crippen molar-refractivity contribution < 1.29 is 17.6 Å².